The van der Waals surface area contributed by atoms with Crippen LogP contribution in [0.5, 0.6) is 0 Å². The number of guanidine groups is 5. The molecule has 0 radical (unpaired) electrons. The number of aromatic amines is 1. The monoisotopic (exact) mass is 2160 g/mol. The lowest BCUT2D eigenvalue weighted by molar-refractivity contribution is -0.158. The Morgan fingerprint density at radius 1 is 0.433 bits per heavy atom. The third-order valence-electron chi connectivity index (χ3n) is 23.7. The van der Waals surface area contributed by atoms with Gasteiger partial charge < -0.3 is 166 Å². The highest BCUT2D eigenvalue weighted by Gasteiger charge is 2.41. The van der Waals surface area contributed by atoms with Gasteiger partial charge in [-0.3, -0.25) is 113 Å². The number of nitrogens with one attached hydrogen (secondary N) is 24. The molecule has 3 aromatic rings. The minimum absolute atomic E-state index is 0.00684. The molecule has 3 aliphatic rings. The largest absolute Gasteiger partial charge is 0.481 e. The summed E-state index contributed by atoms with van der Waals surface area (Å²) in [6, 6.07) is -8.68. The molecule has 2 aromatic carbocycles. The molecule has 150 heavy (non-hydrogen) atoms. The van der Waals surface area contributed by atoms with Crippen LogP contribution in [0, 0.1) is 38.9 Å². The molecule has 0 unspecified atom stereocenters. The molecule has 0 aliphatic carbocycles. The molecule has 0 saturated carbocycles. The molecule has 828 valence electrons. The number of thioether (sulfide) groups is 3. The standard InChI is InChI=1S/C92H146N34O21S3/c1-49(2)37-61-80(139)111-59(23-14-33-109-92(103)104)78(137)122-67(84(143)114-58(22-13-32-108-91(101)102)77(136)120-65(87(146)147)40-52-42-110-55-19-9-8-17-53(52)55)44-149-35-27-71(129)125-46-124-47-126(48-125)72(130)28-36-150-45-68(85(144)113-56(20-11-30-106-89(97)98)75(134)115-60(79(138)117-61)24-25-69(94)127)123-83(142)64(41-73(131)132)119-81(140)62(38-50(3)4)116-76(135)57(21-12-31-107-90(99)100)112-82(141)63(39-51-15-6-5-7-16-51)118-86(145)66(43-148-34-26-70(124)128)121-74(133)54(93)18-10-29-105-88(95)96/h5-9,15-17,19,42,49-50,54,56-68,110H,10-14,18,20-41,43-48,93H2,1-4H3,(H2,94,127)(H,111,139)(H,112,141)(H,113,144)(H,114,143)(H,115,134)(H,116,135)(H,117,138)(H,118,145)(H,119,140)(H,120,136)(H,121,133)(H,122,137)(H,123,142)(H,131,132)(H,146,147)(H4,95,96,105)(H4,97,98,106)(H4,99,100,107)(H4,101,102,108)(H4,103,104,109)/t54-,56-,57-,58-,59-,60-,61-,62-,63-,64-,65-,66-,67-,68-/m0/s1. The van der Waals surface area contributed by atoms with Gasteiger partial charge in [0.1, 0.15) is 78.5 Å². The molecule has 55 nitrogen and oxygen atoms in total. The average molecular weight is 2160 g/mol. The number of primary amides is 1. The number of amides is 17. The minimum atomic E-state index is -2.15. The zero-order valence-corrected chi connectivity index (χ0v) is 86.8. The summed E-state index contributed by atoms with van der Waals surface area (Å²) >= 11 is 2.66. The van der Waals surface area contributed by atoms with Gasteiger partial charge in [0.15, 0.2) is 29.8 Å². The Kier molecular flexibility index (Phi) is 53.3. The quantitative estimate of drug-likeness (QED) is 0.0143. The van der Waals surface area contributed by atoms with E-state index in [4.69, 9.17) is 67.2 Å². The number of nitrogens with zero attached hydrogens (tertiary/aromatic N) is 3. The molecular weight excluding hydrogens is 2010 g/mol. The molecule has 1 aromatic heterocycles. The summed E-state index contributed by atoms with van der Waals surface area (Å²) in [5.41, 5.74) is 41.7. The van der Waals surface area contributed by atoms with E-state index in [1.165, 1.54) is 0 Å². The van der Waals surface area contributed by atoms with E-state index < -0.39 is 309 Å². The normalized spacial score (nSPS) is 21.8. The fraction of sp³-hybridized carbons (Fsp3) is 0.587. The Labute approximate surface area is 879 Å². The Morgan fingerprint density at radius 2 is 0.833 bits per heavy atom. The van der Waals surface area contributed by atoms with Crippen molar-refractivity contribution in [2.45, 2.75) is 241 Å². The Morgan fingerprint density at radius 3 is 1.30 bits per heavy atom. The molecule has 3 aliphatic heterocycles. The van der Waals surface area contributed by atoms with Crippen LogP contribution in [-0.2, 0) is 104 Å². The lowest BCUT2D eigenvalue weighted by atomic mass is 10.0. The molecule has 0 spiro atoms. The van der Waals surface area contributed by atoms with E-state index >= 15 is 62.3 Å². The van der Waals surface area contributed by atoms with E-state index in [9.17, 15) is 39.0 Å². The van der Waals surface area contributed by atoms with Gasteiger partial charge in [0.05, 0.1) is 32.5 Å². The fourth-order valence-electron chi connectivity index (χ4n) is 15.9. The maximum atomic E-state index is 15.4. The van der Waals surface area contributed by atoms with Crippen LogP contribution < -0.4 is 136 Å². The Balaban J connectivity index is 1.56. The maximum absolute atomic E-state index is 15.4. The van der Waals surface area contributed by atoms with Gasteiger partial charge >= 0.3 is 11.9 Å². The molecule has 14 atom stereocenters. The first kappa shape index (κ1) is 124. The van der Waals surface area contributed by atoms with Gasteiger partial charge in [-0.15, -0.1) is 0 Å². The summed E-state index contributed by atoms with van der Waals surface area (Å²) in [6.07, 6.45) is -4.55. The minimum Gasteiger partial charge on any atom is -0.481 e. The van der Waals surface area contributed by atoms with E-state index in [0.717, 1.165) is 50.0 Å². The van der Waals surface area contributed by atoms with Crippen molar-refractivity contribution in [3.63, 3.8) is 0 Å². The van der Waals surface area contributed by atoms with Gasteiger partial charge in [-0.2, -0.15) is 35.3 Å². The second kappa shape index (κ2) is 64.5. The molecular formula is C92H146N34O21S3. The topological polar surface area (TPSA) is 908 Å². The molecule has 4 heterocycles. The number of carbonyl (C=O) groups excluding carboxylic acids is 17. The maximum Gasteiger partial charge on any atom is 0.326 e. The SMILES string of the molecule is CC(C)C[C@@H]1NC(=O)[C@H](CCC(N)=O)NC(=O)[C@H](CCCNC(=N)N)NC(=O)[C@@H]2CSCCC(=O)N3CN(CN(C3)C(=O)CCSC[C@H](NC(=O)[C@@H](N)CCCNC(=N)N)C(=O)N[C@@H](Cc3ccccc3)C(=O)N[C@@H](CCCNC(=N)N)C(=O)N[C@@H](CC(C)C)C(=O)N[C@@H](CC(=O)O)C(=O)N2)C(=O)CCSC[C@@H](C(=O)N[C@@H](CCCNC(=N)N)C(=O)N[C@@H](Cc2c[nH]c3ccccc23)C(=O)O)NC(=O)[C@H](CCCNC(=N)N)NC1=O. The number of para-hydroxylation sites is 1. The zero-order chi connectivity index (χ0) is 111. The first-order chi connectivity index (χ1) is 71.1. The van der Waals surface area contributed by atoms with Crippen LogP contribution in [0.1, 0.15) is 154 Å². The van der Waals surface area contributed by atoms with Crippen molar-refractivity contribution in [2.75, 3.05) is 87.2 Å². The molecule has 58 heteroatoms. The van der Waals surface area contributed by atoms with E-state index in [1.54, 1.807) is 88.5 Å². The van der Waals surface area contributed by atoms with Gasteiger partial charge in [-0.05, 0) is 112 Å². The number of hydrogen-bond donors (Lipinski definition) is 33. The van der Waals surface area contributed by atoms with E-state index in [1.807, 2.05) is 0 Å². The second-order valence-electron chi connectivity index (χ2n) is 37.0. The summed E-state index contributed by atoms with van der Waals surface area (Å²) in [5.74, 6) is -25.9. The van der Waals surface area contributed by atoms with Crippen LogP contribution in [0.3, 0.4) is 0 Å². The van der Waals surface area contributed by atoms with Gasteiger partial charge in [0.2, 0.25) is 100 Å². The predicted octanol–water partition coefficient (Wildman–Crippen LogP) is -7.41. The van der Waals surface area contributed by atoms with Crippen molar-refractivity contribution in [3.05, 3.63) is 71.9 Å². The van der Waals surface area contributed by atoms with Crippen LogP contribution >= 0.6 is 35.3 Å². The number of benzene rings is 2. The lowest BCUT2D eigenvalue weighted by Crippen LogP contribution is -2.61. The van der Waals surface area contributed by atoms with Gasteiger partial charge in [-0.1, -0.05) is 76.2 Å². The highest BCUT2D eigenvalue weighted by atomic mass is 32.2. The fourth-order valence-corrected chi connectivity index (χ4v) is 18.7. The van der Waals surface area contributed by atoms with E-state index in [-0.39, 0.29) is 145 Å². The number of H-pyrrole nitrogens is 1. The van der Waals surface area contributed by atoms with Crippen LogP contribution in [0.25, 0.3) is 10.9 Å². The molecule has 4 bridgehead atoms. The number of rotatable bonds is 40. The average Bonchev–Trinajstić information content (AvgIpc) is 1.78. The van der Waals surface area contributed by atoms with Crippen molar-refractivity contribution in [1.29, 1.82) is 27.0 Å². The first-order valence-corrected chi connectivity index (χ1v) is 52.6. The van der Waals surface area contributed by atoms with Crippen molar-refractivity contribution in [3.8, 4) is 0 Å². The van der Waals surface area contributed by atoms with Crippen molar-refractivity contribution >= 4 is 188 Å². The van der Waals surface area contributed by atoms with Crippen LogP contribution in [-0.4, -0.2) is 344 Å². The predicted molar refractivity (Wildman–Crippen MR) is 559 cm³/mol. The van der Waals surface area contributed by atoms with Crippen LogP contribution in [0.15, 0.2) is 60.8 Å². The summed E-state index contributed by atoms with van der Waals surface area (Å²) in [6.45, 7) is 4.86. The molecule has 6 rings (SSSR count). The third kappa shape index (κ3) is 45.5. The van der Waals surface area contributed by atoms with Crippen molar-refractivity contribution in [2.24, 2.45) is 52.0 Å². The Hall–Kier alpha value is -14.7. The lowest BCUT2D eigenvalue weighted by Gasteiger charge is -2.42. The molecule has 3 fully saturated rings. The van der Waals surface area contributed by atoms with Crippen molar-refractivity contribution in [1.82, 2.24) is 115 Å². The van der Waals surface area contributed by atoms with E-state index in [0.29, 0.717) is 22.0 Å². The highest BCUT2D eigenvalue weighted by molar-refractivity contribution is 7.99. The van der Waals surface area contributed by atoms with E-state index in [2.05, 4.69) is 101 Å². The number of carboxylic acids is 2. The smallest absolute Gasteiger partial charge is 0.326 e. The summed E-state index contributed by atoms with van der Waals surface area (Å²) in [7, 11) is 0. The highest BCUT2D eigenvalue weighted by Crippen LogP contribution is 2.24. The number of carbonyl (C=O) groups is 19. The molecule has 40 N–H and O–H groups in total. The number of hydrogen-bond acceptors (Lipinski definition) is 28. The number of aliphatic carboxylic acids is 2. The Bertz CT molecular complexity index is 5200. The second-order valence-corrected chi connectivity index (χ2v) is 40.4. The van der Waals surface area contributed by atoms with Crippen molar-refractivity contribution < 1.29 is 101 Å². The third-order valence-corrected chi connectivity index (χ3v) is 26.9. The number of fused-ring (bicyclic) bond motifs is 8. The number of carboxylic acid groups (broad SMARTS) is 2. The molecule has 3 saturated heterocycles. The van der Waals surface area contributed by atoms with Gasteiger partial charge in [-0.25, -0.2) is 4.79 Å². The zero-order valence-electron chi connectivity index (χ0n) is 84.3. The van der Waals surface area contributed by atoms with Gasteiger partial charge in [0, 0.05) is 123 Å². The summed E-state index contributed by atoms with van der Waals surface area (Å²) < 4.78 is 0. The van der Waals surface area contributed by atoms with Gasteiger partial charge in [0.25, 0.3) is 0 Å². The van der Waals surface area contributed by atoms with Crippen LogP contribution in [0.2, 0.25) is 0 Å². The number of aromatic nitrogens is 1. The summed E-state index contributed by atoms with van der Waals surface area (Å²) in [4.78, 5) is 287. The number of nitrogens with two attached hydrogens (primary N) is 7. The van der Waals surface area contributed by atoms with Crippen LogP contribution in [0.4, 0.5) is 0 Å². The first-order valence-electron chi connectivity index (χ1n) is 49.1. The molecule has 17 amide bonds. The summed E-state index contributed by atoms with van der Waals surface area (Å²) in [5, 5.41) is 107.